The number of nitrogens with one attached hydrogen (secondary N) is 2. The van der Waals surface area contributed by atoms with Crippen LogP contribution in [0.15, 0.2) is 41.0 Å². The highest BCUT2D eigenvalue weighted by molar-refractivity contribution is 8.14. The number of hydrogen-bond donors (Lipinski definition) is 2. The lowest BCUT2D eigenvalue weighted by atomic mass is 10.2. The number of amidine groups is 1. The quantitative estimate of drug-likeness (QED) is 0.633. The van der Waals surface area contributed by atoms with Gasteiger partial charge in [-0.05, 0) is 17.7 Å². The molecule has 1 aromatic rings. The van der Waals surface area contributed by atoms with Gasteiger partial charge in [0.05, 0.1) is 13.7 Å². The molecule has 0 atom stereocenters. The van der Waals surface area contributed by atoms with Gasteiger partial charge in [-0.3, -0.25) is 9.79 Å². The number of nitrogens with zero attached hydrogens (tertiary/aromatic N) is 2. The first-order valence-corrected chi connectivity index (χ1v) is 7.66. The molecule has 1 heterocycles. The molecule has 6 nitrogen and oxygen atoms in total. The van der Waals surface area contributed by atoms with Gasteiger partial charge in [-0.1, -0.05) is 23.9 Å². The van der Waals surface area contributed by atoms with Crippen molar-refractivity contribution in [2.75, 3.05) is 19.4 Å². The van der Waals surface area contributed by atoms with Crippen molar-refractivity contribution in [3.63, 3.8) is 0 Å². The second kappa shape index (κ2) is 8.10. The van der Waals surface area contributed by atoms with Crippen molar-refractivity contribution in [3.8, 4) is 11.8 Å². The molecule has 2 N–H and O–H groups in total. The Morgan fingerprint density at radius 3 is 2.86 bits per heavy atom. The fourth-order valence-electron chi connectivity index (χ4n) is 1.73. The van der Waals surface area contributed by atoms with E-state index in [9.17, 15) is 4.79 Å². The van der Waals surface area contributed by atoms with Gasteiger partial charge in [0.15, 0.2) is 5.17 Å². The summed E-state index contributed by atoms with van der Waals surface area (Å²) in [6.07, 6.45) is 1.39. The van der Waals surface area contributed by atoms with Gasteiger partial charge in [-0.15, -0.1) is 0 Å². The Bertz CT molecular complexity index is 632. The van der Waals surface area contributed by atoms with E-state index >= 15 is 0 Å². The van der Waals surface area contributed by atoms with Crippen molar-refractivity contribution in [3.05, 3.63) is 41.6 Å². The number of amides is 1. The summed E-state index contributed by atoms with van der Waals surface area (Å²) in [5.74, 6) is 1.25. The van der Waals surface area contributed by atoms with Crippen LogP contribution >= 0.6 is 11.8 Å². The zero-order valence-electron chi connectivity index (χ0n) is 12.1. The van der Waals surface area contributed by atoms with Crippen LogP contribution in [-0.2, 0) is 11.3 Å². The molecule has 1 aromatic carbocycles. The topological polar surface area (TPSA) is 86.5 Å². The van der Waals surface area contributed by atoms with E-state index in [0.717, 1.165) is 28.8 Å². The van der Waals surface area contributed by atoms with Crippen LogP contribution in [0.25, 0.3) is 0 Å². The highest BCUT2D eigenvalue weighted by Crippen LogP contribution is 2.11. The lowest BCUT2D eigenvalue weighted by Gasteiger charge is -2.06. The summed E-state index contributed by atoms with van der Waals surface area (Å²) in [4.78, 5) is 16.1. The van der Waals surface area contributed by atoms with E-state index in [0.29, 0.717) is 6.54 Å². The van der Waals surface area contributed by atoms with Gasteiger partial charge in [-0.2, -0.15) is 5.26 Å². The van der Waals surface area contributed by atoms with Gasteiger partial charge in [-0.25, -0.2) is 0 Å². The third kappa shape index (κ3) is 4.53. The fourth-order valence-corrected chi connectivity index (χ4v) is 2.43. The number of hydrogen-bond acceptors (Lipinski definition) is 6. The van der Waals surface area contributed by atoms with Crippen LogP contribution in [-0.4, -0.2) is 30.5 Å². The molecule has 0 saturated carbocycles. The molecular formula is C15H16N4O2S. The van der Waals surface area contributed by atoms with Crippen LogP contribution in [0.5, 0.6) is 5.75 Å². The average molecular weight is 316 g/mol. The molecule has 0 saturated heterocycles. The second-order valence-corrected chi connectivity index (χ2v) is 5.46. The molecule has 0 fully saturated rings. The smallest absolute Gasteiger partial charge is 0.263 e. The Balaban J connectivity index is 1.88. The van der Waals surface area contributed by atoms with Crippen LogP contribution in [0, 0.1) is 11.3 Å². The first-order valence-electron chi connectivity index (χ1n) is 6.68. The molecule has 0 spiro atoms. The normalized spacial score (nSPS) is 14.0. The molecule has 0 radical (unpaired) electrons. The minimum Gasteiger partial charge on any atom is -0.497 e. The zero-order chi connectivity index (χ0) is 15.8. The molecular weight excluding hydrogens is 300 g/mol. The Labute approximate surface area is 133 Å². The van der Waals surface area contributed by atoms with E-state index in [2.05, 4.69) is 15.6 Å². The SMILES string of the molecule is COc1ccc(CNC(=O)/C(C#N)=C\NC2=NCCS2)cc1. The van der Waals surface area contributed by atoms with Gasteiger partial charge >= 0.3 is 0 Å². The maximum atomic E-state index is 12.0. The third-order valence-corrected chi connectivity index (χ3v) is 3.81. The summed E-state index contributed by atoms with van der Waals surface area (Å²) in [7, 11) is 1.60. The van der Waals surface area contributed by atoms with Crippen molar-refractivity contribution in [2.24, 2.45) is 4.99 Å². The summed E-state index contributed by atoms with van der Waals surface area (Å²) in [5.41, 5.74) is 0.943. The summed E-state index contributed by atoms with van der Waals surface area (Å²) in [5, 5.41) is 15.4. The van der Waals surface area contributed by atoms with Crippen molar-refractivity contribution in [1.82, 2.24) is 10.6 Å². The molecule has 1 aliphatic rings. The van der Waals surface area contributed by atoms with Gasteiger partial charge in [0, 0.05) is 18.5 Å². The highest BCUT2D eigenvalue weighted by atomic mass is 32.2. The molecule has 2 rings (SSSR count). The number of carbonyl (C=O) groups is 1. The third-order valence-electron chi connectivity index (χ3n) is 2.90. The number of ether oxygens (including phenoxy) is 1. The maximum absolute atomic E-state index is 12.0. The minimum atomic E-state index is -0.422. The van der Waals surface area contributed by atoms with E-state index in [1.807, 2.05) is 30.3 Å². The van der Waals surface area contributed by atoms with Gasteiger partial charge in [0.1, 0.15) is 17.4 Å². The van der Waals surface area contributed by atoms with E-state index in [4.69, 9.17) is 10.00 Å². The zero-order valence-corrected chi connectivity index (χ0v) is 12.9. The predicted octanol–water partition coefficient (Wildman–Crippen LogP) is 1.41. The fraction of sp³-hybridized carbons (Fsp3) is 0.267. The maximum Gasteiger partial charge on any atom is 0.263 e. The second-order valence-electron chi connectivity index (χ2n) is 4.38. The van der Waals surface area contributed by atoms with Crippen LogP contribution in [0.2, 0.25) is 0 Å². The Hall–Kier alpha value is -2.46. The number of thioether (sulfide) groups is 1. The summed E-state index contributed by atoms with van der Waals surface area (Å²) >= 11 is 1.56. The number of benzene rings is 1. The van der Waals surface area contributed by atoms with Crippen LogP contribution in [0.1, 0.15) is 5.56 Å². The number of methoxy groups -OCH3 is 1. The Morgan fingerprint density at radius 2 is 2.27 bits per heavy atom. The van der Waals surface area contributed by atoms with Crippen molar-refractivity contribution < 1.29 is 9.53 Å². The van der Waals surface area contributed by atoms with Crippen LogP contribution in [0.3, 0.4) is 0 Å². The molecule has 0 unspecified atom stereocenters. The highest BCUT2D eigenvalue weighted by Gasteiger charge is 2.10. The van der Waals surface area contributed by atoms with Gasteiger partial charge in [0.25, 0.3) is 5.91 Å². The van der Waals surface area contributed by atoms with Crippen molar-refractivity contribution in [2.45, 2.75) is 6.54 Å². The van der Waals surface area contributed by atoms with Crippen LogP contribution < -0.4 is 15.4 Å². The van der Waals surface area contributed by atoms with E-state index < -0.39 is 5.91 Å². The number of carbonyl (C=O) groups excluding carboxylic acids is 1. The lowest BCUT2D eigenvalue weighted by molar-refractivity contribution is -0.117. The molecule has 0 aromatic heterocycles. The number of rotatable bonds is 5. The minimum absolute atomic E-state index is 0.0173. The molecule has 114 valence electrons. The summed E-state index contributed by atoms with van der Waals surface area (Å²) < 4.78 is 5.07. The summed E-state index contributed by atoms with van der Waals surface area (Å²) in [6, 6.07) is 9.24. The van der Waals surface area contributed by atoms with Crippen LogP contribution in [0.4, 0.5) is 0 Å². The van der Waals surface area contributed by atoms with Crippen molar-refractivity contribution >= 4 is 22.8 Å². The average Bonchev–Trinajstić information content (AvgIpc) is 3.07. The number of aliphatic imine (C=N–C) groups is 1. The van der Waals surface area contributed by atoms with Crippen molar-refractivity contribution in [1.29, 1.82) is 5.26 Å². The largest absolute Gasteiger partial charge is 0.497 e. The number of nitriles is 1. The molecule has 0 aliphatic carbocycles. The monoisotopic (exact) mass is 316 g/mol. The van der Waals surface area contributed by atoms with E-state index in [1.165, 1.54) is 6.20 Å². The Kier molecular flexibility index (Phi) is 5.86. The first kappa shape index (κ1) is 15.9. The summed E-state index contributed by atoms with van der Waals surface area (Å²) in [6.45, 7) is 1.10. The Morgan fingerprint density at radius 1 is 1.50 bits per heavy atom. The van der Waals surface area contributed by atoms with Gasteiger partial charge < -0.3 is 15.4 Å². The molecule has 1 amide bonds. The molecule has 22 heavy (non-hydrogen) atoms. The van der Waals surface area contributed by atoms with E-state index in [-0.39, 0.29) is 5.57 Å². The lowest BCUT2D eigenvalue weighted by Crippen LogP contribution is -2.25. The first-order chi connectivity index (χ1) is 10.7. The predicted molar refractivity (Wildman–Crippen MR) is 86.4 cm³/mol. The standard InChI is InChI=1S/C15H16N4O2S/c1-21-13-4-2-11(3-5-13)9-18-14(20)12(8-16)10-19-15-17-6-7-22-15/h2-5,10H,6-7,9H2,1H3,(H,17,19)(H,18,20)/b12-10-. The van der Waals surface area contributed by atoms with E-state index in [1.54, 1.807) is 18.9 Å². The molecule has 1 aliphatic heterocycles. The van der Waals surface area contributed by atoms with Gasteiger partial charge in [0.2, 0.25) is 0 Å². The molecule has 0 bridgehead atoms. The molecule has 7 heteroatoms.